The largest absolute Gasteiger partial charge is 0.541 e. The molecule has 0 aliphatic heterocycles. The van der Waals surface area contributed by atoms with Crippen molar-refractivity contribution in [2.24, 2.45) is 0 Å². The van der Waals surface area contributed by atoms with Crippen LogP contribution in [0.25, 0.3) is 0 Å². The van der Waals surface area contributed by atoms with Gasteiger partial charge in [0, 0.05) is 6.42 Å². The van der Waals surface area contributed by atoms with Crippen LogP contribution in [0.1, 0.15) is 25.7 Å². The maximum atomic E-state index is 11.5. The Balaban J connectivity index is 3.79. The van der Waals surface area contributed by atoms with Crippen LogP contribution in [0.4, 0.5) is 9.05 Å². The predicted molar refractivity (Wildman–Crippen MR) is 43.6 cm³/mol. The van der Waals surface area contributed by atoms with E-state index in [0.29, 0.717) is 12.8 Å². The Morgan fingerprint density at radius 3 is 2.36 bits per heavy atom. The predicted octanol–water partition coefficient (Wildman–Crippen LogP) is 1.88. The van der Waals surface area contributed by atoms with Gasteiger partial charge in [0.1, 0.15) is 0 Å². The fourth-order valence-electron chi connectivity index (χ4n) is 0.827. The maximum absolute atomic E-state index is 11.5. The molecule has 0 aliphatic rings. The van der Waals surface area contributed by atoms with Crippen molar-refractivity contribution >= 4 is 7.82 Å². The van der Waals surface area contributed by atoms with Gasteiger partial charge in [0.15, 0.2) is 6.23 Å². The maximum Gasteiger partial charge on any atom is 0.541 e. The van der Waals surface area contributed by atoms with Crippen molar-refractivity contribution in [3.8, 4) is 0 Å². The number of hydrogen-bond acceptors (Lipinski definition) is 4. The summed E-state index contributed by atoms with van der Waals surface area (Å²) >= 11 is 0. The molecule has 0 saturated heterocycles. The van der Waals surface area contributed by atoms with E-state index in [1.165, 1.54) is 0 Å². The molecule has 86 valence electrons. The molecular weight excluding hydrogens is 219 g/mol. The lowest BCUT2D eigenvalue weighted by molar-refractivity contribution is -0.478. The number of hydrogen-bond donors (Lipinski definition) is 1. The highest BCUT2D eigenvalue weighted by Crippen LogP contribution is 2.50. The Labute approximate surface area is 80.9 Å². The summed E-state index contributed by atoms with van der Waals surface area (Å²) in [6.07, 6.45) is 1.82. The van der Waals surface area contributed by atoms with Crippen molar-refractivity contribution in [1.82, 2.24) is 0 Å². The lowest BCUT2D eigenvalue weighted by atomic mass is 10.2. The molecule has 0 saturated carbocycles. The van der Waals surface area contributed by atoms with Gasteiger partial charge in [-0.05, 0) is 15.5 Å². The van der Waals surface area contributed by atoms with Crippen LogP contribution in [-0.4, -0.2) is 6.23 Å². The van der Waals surface area contributed by atoms with E-state index in [0.717, 1.165) is 12.8 Å². The minimum absolute atomic E-state index is 0.395. The summed E-state index contributed by atoms with van der Waals surface area (Å²) < 4.78 is 43.5. The van der Waals surface area contributed by atoms with Crippen LogP contribution in [0.2, 0.25) is 0 Å². The molecule has 0 aromatic carbocycles. The van der Waals surface area contributed by atoms with E-state index in [-0.39, 0.29) is 0 Å². The fourth-order valence-corrected chi connectivity index (χ4v) is 1.38. The first-order valence-electron chi connectivity index (χ1n) is 4.09. The van der Waals surface area contributed by atoms with Crippen molar-refractivity contribution in [3.63, 3.8) is 0 Å². The van der Waals surface area contributed by atoms with Crippen LogP contribution in [0.15, 0.2) is 0 Å². The zero-order valence-corrected chi connectivity index (χ0v) is 8.55. The average Bonchev–Trinajstić information content (AvgIpc) is 2.18. The molecule has 5 nitrogen and oxygen atoms in total. The second kappa shape index (κ2) is 7.25. The molecule has 1 atom stereocenters. The summed E-state index contributed by atoms with van der Waals surface area (Å²) in [5, 5.41) is 0. The highest BCUT2D eigenvalue weighted by atomic mass is 31.2. The lowest BCUT2D eigenvalue weighted by Crippen LogP contribution is -2.61. The Bertz CT molecular complexity index is 187. The second-order valence-corrected chi connectivity index (χ2v) is 4.04. The average molecular weight is 233 g/mol. The van der Waals surface area contributed by atoms with E-state index in [2.05, 4.69) is 26.6 Å². The molecule has 0 radical (unpaired) electrons. The molecule has 0 aromatic heterocycles. The molecule has 1 unspecified atom stereocenters. The fraction of sp³-hybridized carbons (Fsp3) is 0.833. The molecule has 3 N–H and O–H groups in total. The number of quaternary nitrogens is 1. The number of rotatable bonds is 8. The summed E-state index contributed by atoms with van der Waals surface area (Å²) in [4.78, 5) is 0. The molecule has 0 bridgehead atoms. The highest BCUT2D eigenvalue weighted by Gasteiger charge is 2.33. The molecule has 0 rings (SSSR count). The van der Waals surface area contributed by atoms with Gasteiger partial charge in [-0.3, -0.25) is 0 Å². The SMILES string of the molecule is [CH2-]CCCCC([NH3+])OP(=O)(OF)OF. The topological polar surface area (TPSA) is 72.4 Å². The summed E-state index contributed by atoms with van der Waals surface area (Å²) in [7, 11) is -4.70. The number of halogens is 2. The summed E-state index contributed by atoms with van der Waals surface area (Å²) in [6.45, 7) is 3.60. The van der Waals surface area contributed by atoms with Crippen LogP contribution < -0.4 is 5.73 Å². The molecule has 14 heavy (non-hydrogen) atoms. The molecular formula is C6H14F2NO4P. The van der Waals surface area contributed by atoms with Crippen molar-refractivity contribution in [2.45, 2.75) is 31.9 Å². The zero-order valence-electron chi connectivity index (χ0n) is 7.66. The molecule has 0 aromatic rings. The van der Waals surface area contributed by atoms with Gasteiger partial charge in [-0.1, -0.05) is 15.9 Å². The van der Waals surface area contributed by atoms with Gasteiger partial charge in [-0.2, -0.15) is 6.42 Å². The minimum atomic E-state index is -4.70. The minimum Gasteiger partial charge on any atom is -0.343 e. The number of phosphoric acid groups is 1. The molecule has 0 heterocycles. The van der Waals surface area contributed by atoms with Gasteiger partial charge >= 0.3 is 7.82 Å². The standard InChI is InChI=1S/C6H13F2NO4P/c1-2-3-4-5-6(9)11-14(10,12-7)13-8/h6H,1-5,9H2/q-1/p+1. The van der Waals surface area contributed by atoms with Crippen LogP contribution >= 0.6 is 7.82 Å². The summed E-state index contributed by atoms with van der Waals surface area (Å²) in [6, 6.07) is 0. The first-order valence-corrected chi connectivity index (χ1v) is 5.55. The van der Waals surface area contributed by atoms with E-state index >= 15 is 0 Å². The third kappa shape index (κ3) is 5.62. The van der Waals surface area contributed by atoms with E-state index in [1.807, 2.05) is 0 Å². The van der Waals surface area contributed by atoms with E-state index in [4.69, 9.17) is 0 Å². The first-order chi connectivity index (χ1) is 6.58. The van der Waals surface area contributed by atoms with E-state index in [9.17, 15) is 13.6 Å². The van der Waals surface area contributed by atoms with Crippen LogP contribution in [-0.2, 0) is 18.5 Å². The molecule has 0 fully saturated rings. The number of unbranched alkanes of at least 4 members (excludes halogenated alkanes) is 2. The normalized spacial score (nSPS) is 14.3. The molecule has 0 spiro atoms. The van der Waals surface area contributed by atoms with E-state index < -0.39 is 14.1 Å². The Morgan fingerprint density at radius 2 is 1.93 bits per heavy atom. The smallest absolute Gasteiger partial charge is 0.343 e. The highest BCUT2D eigenvalue weighted by molar-refractivity contribution is 7.48. The second-order valence-electron chi connectivity index (χ2n) is 2.66. The molecule has 8 heteroatoms. The van der Waals surface area contributed by atoms with Crippen molar-refractivity contribution in [1.29, 1.82) is 0 Å². The molecule has 0 amide bonds. The molecule has 0 aliphatic carbocycles. The summed E-state index contributed by atoms with van der Waals surface area (Å²) in [5.74, 6) is 0. The van der Waals surface area contributed by atoms with Gasteiger partial charge in [0.2, 0.25) is 0 Å². The van der Waals surface area contributed by atoms with Crippen molar-refractivity contribution in [3.05, 3.63) is 6.92 Å². The van der Waals surface area contributed by atoms with Crippen LogP contribution in [0.5, 0.6) is 0 Å². The van der Waals surface area contributed by atoms with Gasteiger partial charge in [-0.25, -0.2) is 9.09 Å². The zero-order chi connectivity index (χ0) is 11.0. The van der Waals surface area contributed by atoms with Crippen molar-refractivity contribution < 1.29 is 33.3 Å². The van der Waals surface area contributed by atoms with Gasteiger partial charge in [-0.15, -0.1) is 0 Å². The summed E-state index contributed by atoms with van der Waals surface area (Å²) in [5.41, 5.74) is 3.38. The van der Waals surface area contributed by atoms with Gasteiger partial charge in [0.05, 0.1) is 0 Å². The van der Waals surface area contributed by atoms with Gasteiger partial charge in [0.25, 0.3) is 0 Å². The van der Waals surface area contributed by atoms with Crippen LogP contribution in [0, 0.1) is 6.92 Å². The Hall–Kier alpha value is -0.0700. The van der Waals surface area contributed by atoms with E-state index in [1.54, 1.807) is 0 Å². The van der Waals surface area contributed by atoms with Crippen LogP contribution in [0.3, 0.4) is 0 Å². The quantitative estimate of drug-likeness (QED) is 0.300. The third-order valence-electron chi connectivity index (χ3n) is 1.47. The first kappa shape index (κ1) is 13.9. The lowest BCUT2D eigenvalue weighted by Gasteiger charge is -2.11. The monoisotopic (exact) mass is 233 g/mol. The Kier molecular flexibility index (Phi) is 7.22. The van der Waals surface area contributed by atoms with Gasteiger partial charge < -0.3 is 12.7 Å². The third-order valence-corrected chi connectivity index (χ3v) is 2.37. The Morgan fingerprint density at radius 1 is 1.36 bits per heavy atom. The van der Waals surface area contributed by atoms with Crippen molar-refractivity contribution in [2.75, 3.05) is 0 Å².